The lowest BCUT2D eigenvalue weighted by atomic mass is 9.83. The van der Waals surface area contributed by atoms with E-state index in [2.05, 4.69) is 33.4 Å². The molecule has 0 rings (SSSR count). The summed E-state index contributed by atoms with van der Waals surface area (Å²) in [5, 5.41) is 0. The molecule has 1 nitrogen and oxygen atoms in total. The van der Waals surface area contributed by atoms with Crippen molar-refractivity contribution in [2.75, 3.05) is 0 Å². The molecule has 0 aromatic rings. The lowest BCUT2D eigenvalue weighted by Gasteiger charge is -2.31. The van der Waals surface area contributed by atoms with Gasteiger partial charge < -0.3 is 4.74 Å². The fraction of sp³-hybridized carbons (Fsp3) is 0.889. The van der Waals surface area contributed by atoms with Crippen LogP contribution in [0.5, 0.6) is 0 Å². The van der Waals surface area contributed by atoms with Crippen molar-refractivity contribution >= 4 is 29.2 Å². The Morgan fingerprint density at radius 1 is 1.58 bits per heavy atom. The van der Waals surface area contributed by atoms with E-state index in [1.165, 1.54) is 6.42 Å². The number of ether oxygens (including phenoxy) is 1. The summed E-state index contributed by atoms with van der Waals surface area (Å²) in [6.45, 7) is 8.59. The zero-order valence-electron chi connectivity index (χ0n) is 8.26. The Morgan fingerprint density at radius 2 is 2.08 bits per heavy atom. The van der Waals surface area contributed by atoms with Gasteiger partial charge in [-0.2, -0.15) is 0 Å². The Morgan fingerprint density at radius 3 is 2.42 bits per heavy atom. The predicted octanol–water partition coefficient (Wildman–Crippen LogP) is 3.43. The van der Waals surface area contributed by atoms with Crippen LogP contribution >= 0.6 is 24.8 Å². The fourth-order valence-electron chi connectivity index (χ4n) is 1.16. The minimum absolute atomic E-state index is 0.141. The highest BCUT2D eigenvalue weighted by Crippen LogP contribution is 2.29. The third-order valence-corrected chi connectivity index (χ3v) is 2.47. The van der Waals surface area contributed by atoms with Crippen molar-refractivity contribution in [2.45, 2.75) is 46.6 Å². The van der Waals surface area contributed by atoms with Crippen LogP contribution in [0.3, 0.4) is 0 Å². The van der Waals surface area contributed by atoms with Crippen LogP contribution in [0.15, 0.2) is 0 Å². The lowest BCUT2D eigenvalue weighted by molar-refractivity contribution is 0.0779. The predicted molar refractivity (Wildman–Crippen MR) is 60.8 cm³/mol. The minimum atomic E-state index is 0.141. The summed E-state index contributed by atoms with van der Waals surface area (Å²) in [5.41, 5.74) is 0.182. The van der Waals surface area contributed by atoms with Gasteiger partial charge in [0.05, 0.1) is 0 Å². The topological polar surface area (TPSA) is 9.23 Å². The van der Waals surface area contributed by atoms with Gasteiger partial charge in [-0.15, -0.1) is 0 Å². The lowest BCUT2D eigenvalue weighted by Crippen LogP contribution is -2.29. The largest absolute Gasteiger partial charge is 0.475 e. The molecule has 0 aromatic heterocycles. The number of hydrogen-bond donors (Lipinski definition) is 1. The Balaban J connectivity index is 4.04. The van der Waals surface area contributed by atoms with Crippen LogP contribution in [-0.4, -0.2) is 10.5 Å². The van der Waals surface area contributed by atoms with Gasteiger partial charge >= 0.3 is 0 Å². The fourth-order valence-corrected chi connectivity index (χ4v) is 1.46. The second kappa shape index (κ2) is 5.07. The van der Waals surface area contributed by atoms with E-state index in [1.807, 2.05) is 6.92 Å². The van der Waals surface area contributed by atoms with Gasteiger partial charge in [0.1, 0.15) is 6.10 Å². The molecule has 0 spiro atoms. The highest BCUT2D eigenvalue weighted by Gasteiger charge is 2.26. The van der Waals surface area contributed by atoms with E-state index in [0.29, 0.717) is 4.38 Å². The summed E-state index contributed by atoms with van der Waals surface area (Å²) in [6, 6.07) is 0. The molecule has 0 radical (unpaired) electrons. The van der Waals surface area contributed by atoms with Crippen molar-refractivity contribution in [1.82, 2.24) is 0 Å². The zero-order chi connectivity index (χ0) is 9.78. The molecule has 12 heavy (non-hydrogen) atoms. The van der Waals surface area contributed by atoms with E-state index in [-0.39, 0.29) is 11.5 Å². The second-order valence-electron chi connectivity index (χ2n) is 3.76. The standard InChI is InChI=1S/C9H18OS2/c1-5-6-9(3,4)7(2)10-8(11)12/h7H,5-6H2,1-4H3,(H,11,12). The molecule has 1 unspecified atom stereocenters. The molecule has 0 aliphatic rings. The van der Waals surface area contributed by atoms with Gasteiger partial charge in [-0.1, -0.05) is 39.8 Å². The number of thiocarbonyl (C=S) groups is 1. The smallest absolute Gasteiger partial charge is 0.217 e. The van der Waals surface area contributed by atoms with Gasteiger partial charge in [-0.3, -0.25) is 0 Å². The SMILES string of the molecule is CCCC(C)(C)C(C)OC(=S)S. The zero-order valence-corrected chi connectivity index (χ0v) is 9.97. The molecule has 72 valence electrons. The van der Waals surface area contributed by atoms with Crippen molar-refractivity contribution in [3.05, 3.63) is 0 Å². The van der Waals surface area contributed by atoms with Gasteiger partial charge in [-0.25, -0.2) is 0 Å². The average Bonchev–Trinajstić information content (AvgIpc) is 1.85. The van der Waals surface area contributed by atoms with Crippen LogP contribution in [0.25, 0.3) is 0 Å². The van der Waals surface area contributed by atoms with Crippen LogP contribution in [0.1, 0.15) is 40.5 Å². The monoisotopic (exact) mass is 206 g/mol. The summed E-state index contributed by atoms with van der Waals surface area (Å²) >= 11 is 8.71. The van der Waals surface area contributed by atoms with Gasteiger partial charge in [0, 0.05) is 5.41 Å². The Hall–Kier alpha value is 0.240. The molecule has 1 atom stereocenters. The van der Waals surface area contributed by atoms with Crippen molar-refractivity contribution < 1.29 is 4.74 Å². The molecule has 0 aliphatic carbocycles. The molecule has 0 amide bonds. The first-order chi connectivity index (χ1) is 5.40. The van der Waals surface area contributed by atoms with Gasteiger partial charge in [0.25, 0.3) is 0 Å². The van der Waals surface area contributed by atoms with Crippen LogP contribution in [0.2, 0.25) is 0 Å². The van der Waals surface area contributed by atoms with E-state index in [0.717, 1.165) is 6.42 Å². The van der Waals surface area contributed by atoms with E-state index in [1.54, 1.807) is 0 Å². The van der Waals surface area contributed by atoms with Crippen molar-refractivity contribution in [2.24, 2.45) is 5.41 Å². The molecule has 0 N–H and O–H groups in total. The number of rotatable bonds is 4. The minimum Gasteiger partial charge on any atom is -0.475 e. The normalized spacial score (nSPS) is 14.1. The first-order valence-electron chi connectivity index (χ1n) is 4.29. The third-order valence-electron chi connectivity index (χ3n) is 2.27. The average molecular weight is 206 g/mol. The molecule has 0 fully saturated rings. The summed E-state index contributed by atoms with van der Waals surface area (Å²) in [4.78, 5) is 0. The summed E-state index contributed by atoms with van der Waals surface area (Å²) in [7, 11) is 0. The van der Waals surface area contributed by atoms with Crippen LogP contribution < -0.4 is 0 Å². The number of thiol groups is 1. The van der Waals surface area contributed by atoms with Crippen LogP contribution in [-0.2, 0) is 4.74 Å². The first-order valence-corrected chi connectivity index (χ1v) is 5.15. The summed E-state index contributed by atoms with van der Waals surface area (Å²) in [6.07, 6.45) is 2.45. The molecule has 0 aliphatic heterocycles. The molecule has 0 heterocycles. The van der Waals surface area contributed by atoms with E-state index >= 15 is 0 Å². The molecule has 0 bridgehead atoms. The molecular weight excluding hydrogens is 188 g/mol. The van der Waals surface area contributed by atoms with Gasteiger partial charge in [-0.05, 0) is 25.6 Å². The van der Waals surface area contributed by atoms with Crippen molar-refractivity contribution in [1.29, 1.82) is 0 Å². The Kier molecular flexibility index (Phi) is 5.18. The van der Waals surface area contributed by atoms with Crippen molar-refractivity contribution in [3.63, 3.8) is 0 Å². The van der Waals surface area contributed by atoms with Crippen LogP contribution in [0.4, 0.5) is 0 Å². The first kappa shape index (κ1) is 12.2. The molecular formula is C9H18OS2. The molecule has 3 heteroatoms. The maximum atomic E-state index is 5.36. The van der Waals surface area contributed by atoms with Crippen LogP contribution in [0, 0.1) is 5.41 Å². The van der Waals surface area contributed by atoms with E-state index in [4.69, 9.17) is 17.0 Å². The van der Waals surface area contributed by atoms with Gasteiger partial charge in [0.2, 0.25) is 4.38 Å². The number of hydrogen-bond acceptors (Lipinski definition) is 2. The van der Waals surface area contributed by atoms with E-state index in [9.17, 15) is 0 Å². The summed E-state index contributed by atoms with van der Waals surface area (Å²) in [5.74, 6) is 0. The molecule has 0 saturated heterocycles. The van der Waals surface area contributed by atoms with Crippen molar-refractivity contribution in [3.8, 4) is 0 Å². The van der Waals surface area contributed by atoms with E-state index < -0.39 is 0 Å². The maximum Gasteiger partial charge on any atom is 0.217 e. The van der Waals surface area contributed by atoms with Gasteiger partial charge in [0.15, 0.2) is 0 Å². The molecule has 0 aromatic carbocycles. The highest BCUT2D eigenvalue weighted by molar-refractivity contribution is 8.10. The third kappa shape index (κ3) is 4.31. The summed E-state index contributed by atoms with van der Waals surface area (Å²) < 4.78 is 5.70. The second-order valence-corrected chi connectivity index (χ2v) is 4.84. The Bertz CT molecular complexity index is 155. The highest BCUT2D eigenvalue weighted by atomic mass is 32.1. The Labute approximate surface area is 86.3 Å². The quantitative estimate of drug-likeness (QED) is 0.557. The molecule has 0 saturated carbocycles. The maximum absolute atomic E-state index is 5.36.